The Kier molecular flexibility index (Phi) is 6.62. The van der Waals surface area contributed by atoms with E-state index in [4.69, 9.17) is 9.47 Å². The second-order valence-electron chi connectivity index (χ2n) is 7.19. The van der Waals surface area contributed by atoms with Crippen LogP contribution in [0.2, 0.25) is 0 Å². The summed E-state index contributed by atoms with van der Waals surface area (Å²) in [6, 6.07) is 9.24. The number of hydrogen-bond donors (Lipinski definition) is 1. The number of hydrogen-bond acceptors (Lipinski definition) is 9. The Labute approximate surface area is 203 Å². The number of carbonyl (C=O) groups excluding carboxylic acids is 3. The van der Waals surface area contributed by atoms with E-state index in [9.17, 15) is 19.5 Å². The van der Waals surface area contributed by atoms with Crippen molar-refractivity contribution in [3.63, 3.8) is 0 Å². The van der Waals surface area contributed by atoms with Gasteiger partial charge in [-0.3, -0.25) is 14.5 Å². The van der Waals surface area contributed by atoms with Gasteiger partial charge in [-0.05, 0) is 24.4 Å². The van der Waals surface area contributed by atoms with E-state index in [1.807, 2.05) is 0 Å². The molecule has 1 aliphatic rings. The van der Waals surface area contributed by atoms with Crippen LogP contribution < -0.4 is 9.64 Å². The number of Topliss-reactive ketones (excluding diaryl/α,β-unsaturated/α-hetero) is 1. The van der Waals surface area contributed by atoms with Crippen LogP contribution in [-0.4, -0.2) is 41.5 Å². The van der Waals surface area contributed by atoms with E-state index in [1.54, 1.807) is 48.7 Å². The van der Waals surface area contributed by atoms with Crippen LogP contribution in [0.25, 0.3) is 0 Å². The van der Waals surface area contributed by atoms with Crippen LogP contribution in [0, 0.1) is 6.92 Å². The minimum absolute atomic E-state index is 0.0276. The maximum atomic E-state index is 13.4. The van der Waals surface area contributed by atoms with Gasteiger partial charge >= 0.3 is 5.97 Å². The molecule has 1 aromatic carbocycles. The van der Waals surface area contributed by atoms with Crippen molar-refractivity contribution < 1.29 is 29.0 Å². The van der Waals surface area contributed by atoms with Crippen LogP contribution in [0.4, 0.5) is 5.13 Å². The first kappa shape index (κ1) is 23.4. The lowest BCUT2D eigenvalue weighted by molar-refractivity contribution is -0.117. The molecule has 1 aliphatic heterocycles. The predicted octanol–water partition coefficient (Wildman–Crippen LogP) is 4.65. The van der Waals surface area contributed by atoms with Gasteiger partial charge in [-0.25, -0.2) is 9.78 Å². The first-order valence-corrected chi connectivity index (χ1v) is 11.8. The van der Waals surface area contributed by atoms with Gasteiger partial charge in [0.2, 0.25) is 5.78 Å². The second kappa shape index (κ2) is 9.62. The normalized spacial score (nSPS) is 15.5. The van der Waals surface area contributed by atoms with E-state index in [-0.39, 0.29) is 22.2 Å². The molecule has 8 nitrogen and oxygen atoms in total. The fraction of sp³-hybridized carbons (Fsp3) is 0.167. The molecule has 0 saturated heterocycles. The van der Waals surface area contributed by atoms with E-state index < -0.39 is 29.5 Å². The van der Waals surface area contributed by atoms with Gasteiger partial charge in [0.1, 0.15) is 23.3 Å². The Morgan fingerprint density at radius 2 is 2.03 bits per heavy atom. The highest BCUT2D eigenvalue weighted by molar-refractivity contribution is 7.17. The van der Waals surface area contributed by atoms with Gasteiger partial charge in [0, 0.05) is 5.56 Å². The van der Waals surface area contributed by atoms with Crippen molar-refractivity contribution in [3.8, 4) is 5.75 Å². The molecule has 0 radical (unpaired) electrons. The summed E-state index contributed by atoms with van der Waals surface area (Å²) >= 11 is 2.15. The van der Waals surface area contributed by atoms with Crippen LogP contribution in [0.5, 0.6) is 5.75 Å². The third-order valence-corrected chi connectivity index (χ3v) is 7.15. The largest absolute Gasteiger partial charge is 0.503 e. The number of thiazole rings is 1. The number of aliphatic hydroxyl groups is 1. The van der Waals surface area contributed by atoms with Crippen molar-refractivity contribution in [2.24, 2.45) is 0 Å². The van der Waals surface area contributed by atoms with Gasteiger partial charge in [-0.2, -0.15) is 0 Å². The fourth-order valence-corrected chi connectivity index (χ4v) is 5.30. The standard InChI is InChI=1S/C24H20N2O6S2/c1-4-11-32-23(30)21-13(2)25-24(34-21)26-18(14-8-5-6-9-15(14)31-3)17(20(28)22(26)29)19(27)16-10-7-12-33-16/h4-10,12,18,28H,1,11H2,2-3H3/t18-/m0/s1. The summed E-state index contributed by atoms with van der Waals surface area (Å²) in [4.78, 5) is 45.3. The molecule has 0 bridgehead atoms. The summed E-state index contributed by atoms with van der Waals surface area (Å²) in [6.45, 7) is 5.17. The second-order valence-corrected chi connectivity index (χ2v) is 9.11. The number of ketones is 1. The van der Waals surface area contributed by atoms with Crippen LogP contribution in [0.1, 0.15) is 36.6 Å². The molecule has 4 rings (SSSR count). The Morgan fingerprint density at radius 3 is 2.71 bits per heavy atom. The molecular weight excluding hydrogens is 476 g/mol. The lowest BCUT2D eigenvalue weighted by atomic mass is 9.95. The highest BCUT2D eigenvalue weighted by Crippen LogP contribution is 2.46. The molecule has 0 spiro atoms. The monoisotopic (exact) mass is 496 g/mol. The van der Waals surface area contributed by atoms with E-state index in [2.05, 4.69) is 11.6 Å². The molecule has 3 aromatic rings. The lowest BCUT2D eigenvalue weighted by Gasteiger charge is -2.25. The third-order valence-electron chi connectivity index (χ3n) is 5.14. The molecule has 0 aliphatic carbocycles. The number of carbonyl (C=O) groups is 3. The molecular formula is C24H20N2O6S2. The molecule has 10 heteroatoms. The number of amides is 1. The number of methoxy groups -OCH3 is 1. The first-order chi connectivity index (χ1) is 16.4. The number of aryl methyl sites for hydroxylation is 1. The molecule has 174 valence electrons. The predicted molar refractivity (Wildman–Crippen MR) is 129 cm³/mol. The number of aliphatic hydroxyl groups excluding tert-OH is 1. The number of benzene rings is 1. The zero-order valence-electron chi connectivity index (χ0n) is 18.3. The zero-order valence-corrected chi connectivity index (χ0v) is 19.9. The smallest absolute Gasteiger partial charge is 0.350 e. The summed E-state index contributed by atoms with van der Waals surface area (Å²) < 4.78 is 10.6. The van der Waals surface area contributed by atoms with Crippen molar-refractivity contribution in [2.75, 3.05) is 18.6 Å². The lowest BCUT2D eigenvalue weighted by Crippen LogP contribution is -2.31. The maximum Gasteiger partial charge on any atom is 0.350 e. The van der Waals surface area contributed by atoms with E-state index in [0.29, 0.717) is 21.9 Å². The van der Waals surface area contributed by atoms with Crippen LogP contribution >= 0.6 is 22.7 Å². The van der Waals surface area contributed by atoms with Crippen molar-refractivity contribution in [2.45, 2.75) is 13.0 Å². The van der Waals surface area contributed by atoms with Gasteiger partial charge in [-0.1, -0.05) is 48.3 Å². The average Bonchev–Trinajstić information content (AvgIpc) is 3.56. The number of esters is 1. The summed E-state index contributed by atoms with van der Waals surface area (Å²) in [5.74, 6) is -2.12. The Bertz CT molecular complexity index is 1310. The Balaban J connectivity index is 1.86. The molecule has 1 N–H and O–H groups in total. The number of ether oxygens (including phenoxy) is 2. The minimum Gasteiger partial charge on any atom is -0.503 e. The summed E-state index contributed by atoms with van der Waals surface area (Å²) in [5, 5.41) is 12.7. The van der Waals surface area contributed by atoms with Crippen molar-refractivity contribution in [3.05, 3.63) is 86.8 Å². The maximum absolute atomic E-state index is 13.4. The highest BCUT2D eigenvalue weighted by atomic mass is 32.1. The minimum atomic E-state index is -1.01. The van der Waals surface area contributed by atoms with E-state index in [1.165, 1.54) is 29.4 Å². The molecule has 0 fully saturated rings. The molecule has 1 atom stereocenters. The molecule has 2 aromatic heterocycles. The summed E-state index contributed by atoms with van der Waals surface area (Å²) in [7, 11) is 1.48. The Morgan fingerprint density at radius 1 is 1.26 bits per heavy atom. The first-order valence-electron chi connectivity index (χ1n) is 10.1. The van der Waals surface area contributed by atoms with Gasteiger partial charge in [0.15, 0.2) is 10.9 Å². The zero-order chi connectivity index (χ0) is 24.4. The van der Waals surface area contributed by atoms with Crippen LogP contribution in [0.15, 0.2) is 65.8 Å². The van der Waals surface area contributed by atoms with Crippen molar-refractivity contribution in [1.29, 1.82) is 0 Å². The van der Waals surface area contributed by atoms with Crippen LogP contribution in [0.3, 0.4) is 0 Å². The van der Waals surface area contributed by atoms with Gasteiger partial charge in [0.05, 0.1) is 23.3 Å². The molecule has 0 saturated carbocycles. The Hall–Kier alpha value is -3.76. The number of anilines is 1. The van der Waals surface area contributed by atoms with E-state index in [0.717, 1.165) is 11.3 Å². The average molecular weight is 497 g/mol. The van der Waals surface area contributed by atoms with Gasteiger partial charge < -0.3 is 14.6 Å². The summed E-state index contributed by atoms with van der Waals surface area (Å²) in [6.07, 6.45) is 1.45. The number of aromatic nitrogens is 1. The number of thiophene rings is 1. The molecule has 1 amide bonds. The fourth-order valence-electron chi connectivity index (χ4n) is 3.64. The number of nitrogens with zero attached hydrogens (tertiary/aromatic N) is 2. The van der Waals surface area contributed by atoms with Gasteiger partial charge in [0.25, 0.3) is 5.91 Å². The SMILES string of the molecule is C=CCOC(=O)c1sc(N2C(=O)C(O)=C(C(=O)c3cccs3)[C@@H]2c2ccccc2OC)nc1C. The number of rotatable bonds is 8. The number of para-hydroxylation sites is 1. The molecule has 3 heterocycles. The van der Waals surface area contributed by atoms with Gasteiger partial charge in [-0.15, -0.1) is 11.3 Å². The molecule has 34 heavy (non-hydrogen) atoms. The molecule has 0 unspecified atom stereocenters. The topological polar surface area (TPSA) is 106 Å². The van der Waals surface area contributed by atoms with E-state index >= 15 is 0 Å². The van der Waals surface area contributed by atoms with Crippen molar-refractivity contribution >= 4 is 45.5 Å². The van der Waals surface area contributed by atoms with Crippen molar-refractivity contribution in [1.82, 2.24) is 4.98 Å². The summed E-state index contributed by atoms with van der Waals surface area (Å²) in [5.41, 5.74) is 0.768. The third kappa shape index (κ3) is 4.02. The van der Waals surface area contributed by atoms with Crippen LogP contribution in [-0.2, 0) is 9.53 Å². The quantitative estimate of drug-likeness (QED) is 0.275. The highest BCUT2D eigenvalue weighted by Gasteiger charge is 2.47.